The lowest BCUT2D eigenvalue weighted by molar-refractivity contribution is 0.0728. The van der Waals surface area contributed by atoms with Gasteiger partial charge in [0.1, 0.15) is 17.3 Å². The lowest BCUT2D eigenvalue weighted by atomic mass is 10.00. The summed E-state index contributed by atoms with van der Waals surface area (Å²) in [5.41, 5.74) is 3.64. The van der Waals surface area contributed by atoms with Crippen molar-refractivity contribution in [1.29, 1.82) is 0 Å². The fourth-order valence-corrected chi connectivity index (χ4v) is 3.22. The van der Waals surface area contributed by atoms with Crippen LogP contribution in [-0.4, -0.2) is 34.4 Å². The van der Waals surface area contributed by atoms with Crippen LogP contribution < -0.4 is 10.1 Å². The third kappa shape index (κ3) is 3.60. The number of hydrogen-bond acceptors (Lipinski definition) is 5. The van der Waals surface area contributed by atoms with Crippen LogP contribution in [0.25, 0.3) is 0 Å². The van der Waals surface area contributed by atoms with Crippen molar-refractivity contribution in [1.82, 2.24) is 14.9 Å². The molecule has 0 saturated carbocycles. The van der Waals surface area contributed by atoms with Crippen molar-refractivity contribution in [2.24, 2.45) is 0 Å². The van der Waals surface area contributed by atoms with Gasteiger partial charge in [-0.1, -0.05) is 36.4 Å². The van der Waals surface area contributed by atoms with Gasteiger partial charge in [-0.05, 0) is 29.7 Å². The lowest BCUT2D eigenvalue weighted by Gasteiger charge is -2.28. The molecule has 0 bridgehead atoms. The van der Waals surface area contributed by atoms with E-state index in [4.69, 9.17) is 4.74 Å². The van der Waals surface area contributed by atoms with Gasteiger partial charge in [-0.2, -0.15) is 0 Å². The highest BCUT2D eigenvalue weighted by Gasteiger charge is 2.22. The second-order valence-corrected chi connectivity index (χ2v) is 6.36. The van der Waals surface area contributed by atoms with Crippen LogP contribution in [0.2, 0.25) is 0 Å². The zero-order valence-electron chi connectivity index (χ0n) is 15.1. The number of nitrogens with one attached hydrogen (secondary N) is 1. The molecule has 136 valence electrons. The molecule has 0 aliphatic carbocycles. The Hall–Kier alpha value is -3.41. The first kappa shape index (κ1) is 17.0. The van der Waals surface area contributed by atoms with Gasteiger partial charge in [0.15, 0.2) is 0 Å². The van der Waals surface area contributed by atoms with E-state index in [-0.39, 0.29) is 5.91 Å². The normalized spacial score (nSPS) is 13.0. The molecule has 27 heavy (non-hydrogen) atoms. The van der Waals surface area contributed by atoms with E-state index < -0.39 is 0 Å². The van der Waals surface area contributed by atoms with Gasteiger partial charge in [0.25, 0.3) is 5.91 Å². The second-order valence-electron chi connectivity index (χ2n) is 6.36. The van der Waals surface area contributed by atoms with E-state index in [0.29, 0.717) is 30.4 Å². The molecule has 4 rings (SSSR count). The summed E-state index contributed by atoms with van der Waals surface area (Å²) in [5, 5.41) is 3.16. The van der Waals surface area contributed by atoms with Crippen molar-refractivity contribution < 1.29 is 9.53 Å². The highest BCUT2D eigenvalue weighted by Crippen LogP contribution is 2.26. The maximum atomic E-state index is 12.8. The first-order valence-corrected chi connectivity index (χ1v) is 8.83. The summed E-state index contributed by atoms with van der Waals surface area (Å²) in [6.45, 7) is 1.30. The molecule has 0 unspecified atom stereocenters. The number of rotatable bonds is 4. The molecule has 6 heteroatoms. The standard InChI is InChI=1S/C21H20N4O2/c1-27-19-9-5-4-8-17(19)24-20-13-22-18(12-23-20)21(26)25-11-10-15-6-2-3-7-16(15)14-25/h2-9,12-13H,10-11,14H2,1H3,(H,23,24). The van der Waals surface area contributed by atoms with Gasteiger partial charge >= 0.3 is 0 Å². The maximum absolute atomic E-state index is 12.8. The van der Waals surface area contributed by atoms with E-state index in [1.807, 2.05) is 41.3 Å². The summed E-state index contributed by atoms with van der Waals surface area (Å²) in [6.07, 6.45) is 3.95. The number of methoxy groups -OCH3 is 1. The Balaban J connectivity index is 1.47. The number of aromatic nitrogens is 2. The average Bonchev–Trinajstić information content (AvgIpc) is 2.74. The highest BCUT2D eigenvalue weighted by molar-refractivity contribution is 5.92. The SMILES string of the molecule is COc1ccccc1Nc1cnc(C(=O)N2CCc3ccccc3C2)cn1. The minimum Gasteiger partial charge on any atom is -0.495 e. The van der Waals surface area contributed by atoms with Crippen molar-refractivity contribution >= 4 is 17.4 Å². The molecule has 3 aromatic rings. The summed E-state index contributed by atoms with van der Waals surface area (Å²) >= 11 is 0. The topological polar surface area (TPSA) is 67.3 Å². The average molecular weight is 360 g/mol. The van der Waals surface area contributed by atoms with Crippen LogP contribution in [0.15, 0.2) is 60.9 Å². The van der Waals surface area contributed by atoms with Crippen molar-refractivity contribution in [3.8, 4) is 5.75 Å². The quantitative estimate of drug-likeness (QED) is 0.772. The first-order valence-electron chi connectivity index (χ1n) is 8.83. The third-order valence-electron chi connectivity index (χ3n) is 4.66. The summed E-state index contributed by atoms with van der Waals surface area (Å²) < 4.78 is 5.32. The molecule has 2 heterocycles. The van der Waals surface area contributed by atoms with E-state index in [0.717, 1.165) is 12.1 Å². The largest absolute Gasteiger partial charge is 0.495 e. The van der Waals surface area contributed by atoms with Gasteiger partial charge in [0, 0.05) is 13.1 Å². The zero-order valence-corrected chi connectivity index (χ0v) is 15.1. The fraction of sp³-hybridized carbons (Fsp3) is 0.190. The van der Waals surface area contributed by atoms with Crippen molar-refractivity contribution in [2.75, 3.05) is 19.0 Å². The number of para-hydroxylation sites is 2. The van der Waals surface area contributed by atoms with Gasteiger partial charge in [0.05, 0.1) is 25.2 Å². The van der Waals surface area contributed by atoms with Crippen LogP contribution >= 0.6 is 0 Å². The summed E-state index contributed by atoms with van der Waals surface area (Å²) in [6, 6.07) is 15.8. The second kappa shape index (κ2) is 7.45. The van der Waals surface area contributed by atoms with E-state index in [1.54, 1.807) is 13.3 Å². The van der Waals surface area contributed by atoms with E-state index in [1.165, 1.54) is 17.3 Å². The Bertz CT molecular complexity index is 956. The van der Waals surface area contributed by atoms with E-state index in [2.05, 4.69) is 27.4 Å². The molecule has 1 aromatic heterocycles. The predicted molar refractivity (Wildman–Crippen MR) is 103 cm³/mol. The molecule has 2 aromatic carbocycles. The first-order chi connectivity index (χ1) is 13.2. The number of fused-ring (bicyclic) bond motifs is 1. The maximum Gasteiger partial charge on any atom is 0.274 e. The molecule has 1 amide bonds. The minimum atomic E-state index is -0.0964. The molecule has 0 saturated heterocycles. The van der Waals surface area contributed by atoms with Gasteiger partial charge in [-0.25, -0.2) is 9.97 Å². The summed E-state index contributed by atoms with van der Waals surface area (Å²) in [7, 11) is 1.62. The Morgan fingerprint density at radius 2 is 1.81 bits per heavy atom. The molecule has 1 aliphatic rings. The van der Waals surface area contributed by atoms with Gasteiger partial charge in [-0.15, -0.1) is 0 Å². The number of nitrogens with zero attached hydrogens (tertiary/aromatic N) is 3. The highest BCUT2D eigenvalue weighted by atomic mass is 16.5. The molecular weight excluding hydrogens is 340 g/mol. The monoisotopic (exact) mass is 360 g/mol. The van der Waals surface area contributed by atoms with Crippen LogP contribution in [0, 0.1) is 0 Å². The van der Waals surface area contributed by atoms with Crippen LogP contribution in [0.5, 0.6) is 5.75 Å². The van der Waals surface area contributed by atoms with Crippen molar-refractivity contribution in [3.63, 3.8) is 0 Å². The third-order valence-corrected chi connectivity index (χ3v) is 4.66. The molecule has 0 spiro atoms. The summed E-state index contributed by atoms with van der Waals surface area (Å²) in [4.78, 5) is 23.2. The van der Waals surface area contributed by atoms with Crippen LogP contribution in [0.3, 0.4) is 0 Å². The molecule has 6 nitrogen and oxygen atoms in total. The number of ether oxygens (including phenoxy) is 1. The molecular formula is C21H20N4O2. The summed E-state index contributed by atoms with van der Waals surface area (Å²) in [5.74, 6) is 1.17. The predicted octanol–water partition coefficient (Wildman–Crippen LogP) is 3.43. The van der Waals surface area contributed by atoms with Crippen LogP contribution in [0.4, 0.5) is 11.5 Å². The van der Waals surface area contributed by atoms with Crippen molar-refractivity contribution in [2.45, 2.75) is 13.0 Å². The number of amides is 1. The molecule has 1 aliphatic heterocycles. The van der Waals surface area contributed by atoms with E-state index in [9.17, 15) is 4.79 Å². The Kier molecular flexibility index (Phi) is 4.70. The van der Waals surface area contributed by atoms with Crippen molar-refractivity contribution in [3.05, 3.63) is 77.7 Å². The van der Waals surface area contributed by atoms with Gasteiger partial charge in [-0.3, -0.25) is 4.79 Å². The Morgan fingerprint density at radius 3 is 2.59 bits per heavy atom. The molecule has 0 fully saturated rings. The molecule has 1 N–H and O–H groups in total. The minimum absolute atomic E-state index is 0.0964. The van der Waals surface area contributed by atoms with E-state index >= 15 is 0 Å². The smallest absolute Gasteiger partial charge is 0.274 e. The van der Waals surface area contributed by atoms with Gasteiger partial charge < -0.3 is 15.0 Å². The molecule has 0 atom stereocenters. The Labute approximate surface area is 157 Å². The Morgan fingerprint density at radius 1 is 1.04 bits per heavy atom. The molecule has 0 radical (unpaired) electrons. The number of benzene rings is 2. The van der Waals surface area contributed by atoms with Crippen LogP contribution in [0.1, 0.15) is 21.6 Å². The number of anilines is 2. The fourth-order valence-electron chi connectivity index (χ4n) is 3.22. The number of hydrogen-bond donors (Lipinski definition) is 1. The number of carbonyl (C=O) groups excluding carboxylic acids is 1. The zero-order chi connectivity index (χ0) is 18.6. The lowest BCUT2D eigenvalue weighted by Crippen LogP contribution is -2.36. The van der Waals surface area contributed by atoms with Crippen LogP contribution in [-0.2, 0) is 13.0 Å². The number of carbonyl (C=O) groups is 1. The van der Waals surface area contributed by atoms with Gasteiger partial charge in [0.2, 0.25) is 0 Å².